The lowest BCUT2D eigenvalue weighted by Gasteiger charge is -2.42. The fourth-order valence-corrected chi connectivity index (χ4v) is 9.52. The molecule has 2 aromatic heterocycles. The van der Waals surface area contributed by atoms with Gasteiger partial charge in [0.05, 0.1) is 11.0 Å². The second-order valence-corrected chi connectivity index (χ2v) is 18.0. The van der Waals surface area contributed by atoms with E-state index in [1.54, 1.807) is 0 Å². The number of rotatable bonds is 6. The second kappa shape index (κ2) is 14.2. The van der Waals surface area contributed by atoms with Crippen LogP contribution in [0.5, 0.6) is 0 Å². The summed E-state index contributed by atoms with van der Waals surface area (Å²) in [6, 6.07) is 65.2. The van der Waals surface area contributed by atoms with E-state index in [2.05, 4.69) is 196 Å². The lowest BCUT2D eigenvalue weighted by molar-refractivity contribution is 0.332. The first-order valence-electron chi connectivity index (χ1n) is 21.4. The van der Waals surface area contributed by atoms with E-state index in [0.29, 0.717) is 17.5 Å². The van der Waals surface area contributed by atoms with Crippen molar-refractivity contribution in [2.45, 2.75) is 51.4 Å². The number of hydrogen-bond donors (Lipinski definition) is 0. The van der Waals surface area contributed by atoms with Gasteiger partial charge in [0.1, 0.15) is 0 Å². The van der Waals surface area contributed by atoms with Gasteiger partial charge in [0.2, 0.25) is 0 Å². The first-order valence-corrected chi connectivity index (χ1v) is 21.4. The Bertz CT molecular complexity index is 3230. The molecular formula is C57H46N4. The number of nitrogens with zero attached hydrogens (tertiary/aromatic N) is 4. The van der Waals surface area contributed by atoms with Crippen molar-refractivity contribution in [3.05, 3.63) is 193 Å². The van der Waals surface area contributed by atoms with Gasteiger partial charge in [0.15, 0.2) is 17.5 Å². The highest BCUT2D eigenvalue weighted by molar-refractivity contribution is 6.10. The van der Waals surface area contributed by atoms with Crippen LogP contribution in [0.1, 0.15) is 51.7 Å². The van der Waals surface area contributed by atoms with E-state index in [9.17, 15) is 0 Å². The fraction of sp³-hybridized carbons (Fsp3) is 0.140. The van der Waals surface area contributed by atoms with Gasteiger partial charge in [0, 0.05) is 33.2 Å². The number of hydrogen-bond acceptors (Lipinski definition) is 3. The largest absolute Gasteiger partial charge is 0.309 e. The summed E-state index contributed by atoms with van der Waals surface area (Å²) in [4.78, 5) is 15.5. The van der Waals surface area contributed by atoms with Crippen molar-refractivity contribution in [1.82, 2.24) is 19.5 Å². The van der Waals surface area contributed by atoms with Gasteiger partial charge in [0.25, 0.3) is 0 Å². The zero-order valence-corrected chi connectivity index (χ0v) is 35.0. The molecule has 0 bridgehead atoms. The molecule has 4 heteroatoms. The minimum absolute atomic E-state index is 0.115. The third-order valence-corrected chi connectivity index (χ3v) is 13.1. The van der Waals surface area contributed by atoms with Crippen molar-refractivity contribution in [3.63, 3.8) is 0 Å². The molecule has 1 aliphatic carbocycles. The van der Waals surface area contributed by atoms with Crippen LogP contribution in [0.25, 0.3) is 94.7 Å². The van der Waals surface area contributed by atoms with Crippen molar-refractivity contribution in [2.24, 2.45) is 0 Å². The predicted molar refractivity (Wildman–Crippen MR) is 254 cm³/mol. The first kappa shape index (κ1) is 36.9. The maximum absolute atomic E-state index is 5.23. The first-order chi connectivity index (χ1) is 29.7. The Hall–Kier alpha value is -7.17. The molecule has 0 radical (unpaired) electrons. The van der Waals surface area contributed by atoms with Gasteiger partial charge in [-0.2, -0.15) is 0 Å². The zero-order valence-electron chi connectivity index (χ0n) is 35.0. The Balaban J connectivity index is 1.05. The van der Waals surface area contributed by atoms with Crippen molar-refractivity contribution in [3.8, 4) is 62.1 Å². The Morgan fingerprint density at radius 3 is 1.49 bits per heavy atom. The number of fused-ring (bicyclic) bond motifs is 5. The Morgan fingerprint density at radius 2 is 0.852 bits per heavy atom. The number of para-hydroxylation sites is 1. The Labute approximate surface area is 357 Å². The molecule has 1 aliphatic rings. The number of benzene rings is 8. The maximum atomic E-state index is 5.23. The summed E-state index contributed by atoms with van der Waals surface area (Å²) < 4.78 is 2.47. The molecule has 2 heterocycles. The van der Waals surface area contributed by atoms with Crippen molar-refractivity contribution in [1.29, 1.82) is 0 Å². The number of aromatic nitrogens is 4. The van der Waals surface area contributed by atoms with Crippen LogP contribution < -0.4 is 0 Å². The highest BCUT2D eigenvalue weighted by Gasteiger charge is 2.38. The summed E-state index contributed by atoms with van der Waals surface area (Å²) in [7, 11) is 0. The van der Waals surface area contributed by atoms with Gasteiger partial charge in [-0.25, -0.2) is 15.0 Å². The van der Waals surface area contributed by atoms with Gasteiger partial charge in [-0.05, 0) is 122 Å². The van der Waals surface area contributed by atoms with E-state index >= 15 is 0 Å². The Kier molecular flexibility index (Phi) is 8.61. The molecule has 0 amide bonds. The van der Waals surface area contributed by atoms with E-state index in [4.69, 9.17) is 15.0 Å². The average molecular weight is 787 g/mol. The fourth-order valence-electron chi connectivity index (χ4n) is 9.52. The predicted octanol–water partition coefficient (Wildman–Crippen LogP) is 14.8. The molecule has 0 unspecified atom stereocenters. The van der Waals surface area contributed by atoms with Crippen LogP contribution in [0.2, 0.25) is 0 Å². The molecule has 8 aromatic carbocycles. The molecule has 0 saturated carbocycles. The van der Waals surface area contributed by atoms with Crippen LogP contribution in [-0.4, -0.2) is 19.5 Å². The molecular weight excluding hydrogens is 741 g/mol. The van der Waals surface area contributed by atoms with Crippen molar-refractivity contribution < 1.29 is 0 Å². The summed E-state index contributed by atoms with van der Waals surface area (Å²) in [5.74, 6) is 1.91. The van der Waals surface area contributed by atoms with Gasteiger partial charge in [-0.3, -0.25) is 0 Å². The van der Waals surface area contributed by atoms with Gasteiger partial charge in [-0.1, -0.05) is 155 Å². The van der Waals surface area contributed by atoms with Crippen LogP contribution in [0, 0.1) is 0 Å². The molecule has 294 valence electrons. The summed E-state index contributed by atoms with van der Waals surface area (Å²) >= 11 is 0. The van der Waals surface area contributed by atoms with Crippen molar-refractivity contribution in [2.75, 3.05) is 0 Å². The standard InChI is InChI=1S/C57H46N4/c1-56(2)28-29-57(3,4)50-36-52-48(35-49(50)56)47-22-14-15-23-51(47)61(52)46-27-26-40-30-42(25-24-41(40)34-46)54-58-53(39-20-12-7-13-21-39)59-55(60-54)45-32-43(37-16-8-5-9-17-37)31-44(33-45)38-18-10-6-11-19-38/h5-27,30-36H,28-29H2,1-4H3. The minimum atomic E-state index is 0.115. The highest BCUT2D eigenvalue weighted by atomic mass is 15.0. The van der Waals surface area contributed by atoms with Crippen LogP contribution in [-0.2, 0) is 10.8 Å². The smallest absolute Gasteiger partial charge is 0.164 e. The van der Waals surface area contributed by atoms with Gasteiger partial charge in [-0.15, -0.1) is 0 Å². The molecule has 11 rings (SSSR count). The summed E-state index contributed by atoms with van der Waals surface area (Å²) in [6.45, 7) is 9.65. The van der Waals surface area contributed by atoms with Gasteiger partial charge < -0.3 is 4.57 Å². The van der Waals surface area contributed by atoms with E-state index in [1.165, 1.54) is 45.8 Å². The van der Waals surface area contributed by atoms with Crippen LogP contribution in [0.4, 0.5) is 0 Å². The second-order valence-electron chi connectivity index (χ2n) is 18.0. The average Bonchev–Trinajstić information content (AvgIpc) is 3.64. The lowest BCUT2D eigenvalue weighted by atomic mass is 9.63. The van der Waals surface area contributed by atoms with Crippen molar-refractivity contribution >= 4 is 32.6 Å². The molecule has 0 saturated heterocycles. The van der Waals surface area contributed by atoms with E-state index in [0.717, 1.165) is 55.4 Å². The van der Waals surface area contributed by atoms with E-state index in [-0.39, 0.29) is 10.8 Å². The van der Waals surface area contributed by atoms with Gasteiger partial charge >= 0.3 is 0 Å². The summed E-state index contributed by atoms with van der Waals surface area (Å²) in [6.07, 6.45) is 2.38. The minimum Gasteiger partial charge on any atom is -0.309 e. The molecule has 61 heavy (non-hydrogen) atoms. The van der Waals surface area contributed by atoms with Crippen LogP contribution >= 0.6 is 0 Å². The third-order valence-electron chi connectivity index (χ3n) is 13.1. The molecule has 0 aliphatic heterocycles. The monoisotopic (exact) mass is 786 g/mol. The molecule has 0 fully saturated rings. The molecule has 4 nitrogen and oxygen atoms in total. The maximum Gasteiger partial charge on any atom is 0.164 e. The quantitative estimate of drug-likeness (QED) is 0.169. The molecule has 0 atom stereocenters. The highest BCUT2D eigenvalue weighted by Crippen LogP contribution is 2.48. The molecule has 0 spiro atoms. The van der Waals surface area contributed by atoms with Crippen LogP contribution in [0.15, 0.2) is 182 Å². The SMILES string of the molecule is CC1(C)CCC(C)(C)c2cc3c(cc21)c1ccccc1n3-c1ccc2cc(-c3nc(-c4ccccc4)nc(-c4cc(-c5ccccc5)cc(-c5ccccc5)c4)n3)ccc2c1. The Morgan fingerprint density at radius 1 is 0.361 bits per heavy atom. The molecule has 10 aromatic rings. The van der Waals surface area contributed by atoms with E-state index < -0.39 is 0 Å². The topological polar surface area (TPSA) is 43.6 Å². The molecule has 0 N–H and O–H groups in total. The van der Waals surface area contributed by atoms with E-state index in [1.807, 2.05) is 18.2 Å². The zero-order chi connectivity index (χ0) is 41.3. The third kappa shape index (κ3) is 6.51. The van der Waals surface area contributed by atoms with Crippen LogP contribution in [0.3, 0.4) is 0 Å². The summed E-state index contributed by atoms with van der Waals surface area (Å²) in [5, 5.41) is 4.90. The normalized spacial score (nSPS) is 14.4. The lowest BCUT2D eigenvalue weighted by Crippen LogP contribution is -2.33. The summed E-state index contributed by atoms with van der Waals surface area (Å²) in [5.41, 5.74) is 14.2.